The number of hydrogen-bond acceptors (Lipinski definition) is 3. The van der Waals surface area contributed by atoms with Gasteiger partial charge in [-0.1, -0.05) is 6.92 Å². The first-order valence-corrected chi connectivity index (χ1v) is 4.84. The summed E-state index contributed by atoms with van der Waals surface area (Å²) in [5, 5.41) is -0.181. The van der Waals surface area contributed by atoms with Crippen LogP contribution in [0.4, 0.5) is 0 Å². The molecule has 4 heteroatoms. The monoisotopic (exact) mass is 203 g/mol. The molecule has 1 rings (SSSR count). The van der Waals surface area contributed by atoms with Gasteiger partial charge in [-0.2, -0.15) is 0 Å². The van der Waals surface area contributed by atoms with Crippen LogP contribution < -0.4 is 0 Å². The molecule has 74 valence electrons. The Morgan fingerprint density at radius 1 is 1.69 bits per heavy atom. The van der Waals surface area contributed by atoms with E-state index in [1.165, 1.54) is 0 Å². The van der Waals surface area contributed by atoms with Crippen molar-refractivity contribution in [1.29, 1.82) is 0 Å². The minimum Gasteiger partial charge on any atom is -0.442 e. The molecule has 0 amide bonds. The lowest BCUT2D eigenvalue weighted by Gasteiger charge is -1.98. The molecule has 0 bridgehead atoms. The molecule has 0 N–H and O–H groups in total. The van der Waals surface area contributed by atoms with Gasteiger partial charge >= 0.3 is 0 Å². The lowest BCUT2D eigenvalue weighted by atomic mass is 10.5. The third-order valence-corrected chi connectivity index (χ3v) is 1.69. The molecule has 1 atom stereocenters. The van der Waals surface area contributed by atoms with Crippen LogP contribution in [0.25, 0.3) is 0 Å². The molecule has 1 heterocycles. The van der Waals surface area contributed by atoms with E-state index in [1.54, 1.807) is 6.20 Å². The van der Waals surface area contributed by atoms with Crippen LogP contribution in [-0.4, -0.2) is 11.6 Å². The number of aromatic nitrogens is 1. The summed E-state index contributed by atoms with van der Waals surface area (Å²) in [5.41, 5.74) is 0. The SMILES string of the molecule is CCCOCc1cnc(C(C)Cl)o1. The molecular weight excluding hydrogens is 190 g/mol. The van der Waals surface area contributed by atoms with Crippen molar-refractivity contribution in [3.05, 3.63) is 17.8 Å². The Balaban J connectivity index is 2.40. The smallest absolute Gasteiger partial charge is 0.212 e. The first-order valence-electron chi connectivity index (χ1n) is 4.40. The van der Waals surface area contributed by atoms with Crippen LogP contribution in [-0.2, 0) is 11.3 Å². The van der Waals surface area contributed by atoms with Gasteiger partial charge in [0.25, 0.3) is 0 Å². The molecule has 0 aromatic carbocycles. The van der Waals surface area contributed by atoms with Gasteiger partial charge in [-0.3, -0.25) is 0 Å². The highest BCUT2D eigenvalue weighted by Gasteiger charge is 2.08. The molecular formula is C9H14ClNO2. The number of alkyl halides is 1. The number of ether oxygens (including phenoxy) is 1. The van der Waals surface area contributed by atoms with E-state index in [0.29, 0.717) is 12.5 Å². The maximum absolute atomic E-state index is 5.78. The van der Waals surface area contributed by atoms with Gasteiger partial charge in [-0.25, -0.2) is 4.98 Å². The van der Waals surface area contributed by atoms with Crippen LogP contribution in [0.3, 0.4) is 0 Å². The molecule has 0 saturated heterocycles. The highest BCUT2D eigenvalue weighted by molar-refractivity contribution is 6.20. The zero-order chi connectivity index (χ0) is 9.68. The van der Waals surface area contributed by atoms with Crippen molar-refractivity contribution in [2.45, 2.75) is 32.3 Å². The highest BCUT2D eigenvalue weighted by Crippen LogP contribution is 2.18. The minimum absolute atomic E-state index is 0.181. The first kappa shape index (κ1) is 10.5. The fourth-order valence-corrected chi connectivity index (χ4v) is 0.991. The molecule has 0 spiro atoms. The predicted molar refractivity (Wildman–Crippen MR) is 50.7 cm³/mol. The number of hydrogen-bond donors (Lipinski definition) is 0. The van der Waals surface area contributed by atoms with Gasteiger partial charge in [0.2, 0.25) is 5.89 Å². The van der Waals surface area contributed by atoms with Crippen LogP contribution in [0, 0.1) is 0 Å². The lowest BCUT2D eigenvalue weighted by Crippen LogP contribution is -1.91. The Labute approximate surface area is 83.1 Å². The summed E-state index contributed by atoms with van der Waals surface area (Å²) in [5.74, 6) is 1.28. The molecule has 3 nitrogen and oxygen atoms in total. The molecule has 0 aliphatic rings. The summed E-state index contributed by atoms with van der Waals surface area (Å²) in [6.45, 7) is 5.10. The first-order chi connectivity index (χ1) is 6.24. The average Bonchev–Trinajstić information content (AvgIpc) is 2.53. The molecule has 1 aromatic heterocycles. The van der Waals surface area contributed by atoms with Crippen molar-refractivity contribution >= 4 is 11.6 Å². The molecule has 1 aromatic rings. The summed E-state index contributed by atoms with van der Waals surface area (Å²) in [6.07, 6.45) is 2.66. The van der Waals surface area contributed by atoms with E-state index in [4.69, 9.17) is 20.8 Å². The van der Waals surface area contributed by atoms with Crippen molar-refractivity contribution in [3.63, 3.8) is 0 Å². The second-order valence-electron chi connectivity index (χ2n) is 2.83. The average molecular weight is 204 g/mol. The Kier molecular flexibility index (Phi) is 4.25. The second-order valence-corrected chi connectivity index (χ2v) is 3.49. The predicted octanol–water partition coefficient (Wildman–Crippen LogP) is 2.90. The van der Waals surface area contributed by atoms with Crippen molar-refractivity contribution in [2.24, 2.45) is 0 Å². The van der Waals surface area contributed by atoms with Crippen molar-refractivity contribution in [2.75, 3.05) is 6.61 Å². The molecule has 0 aliphatic heterocycles. The highest BCUT2D eigenvalue weighted by atomic mass is 35.5. The summed E-state index contributed by atoms with van der Waals surface area (Å²) < 4.78 is 10.6. The van der Waals surface area contributed by atoms with E-state index in [2.05, 4.69) is 11.9 Å². The normalized spacial score (nSPS) is 13.2. The van der Waals surface area contributed by atoms with Gasteiger partial charge in [-0.05, 0) is 13.3 Å². The van der Waals surface area contributed by atoms with Gasteiger partial charge in [0, 0.05) is 6.61 Å². The lowest BCUT2D eigenvalue weighted by molar-refractivity contribution is 0.106. The summed E-state index contributed by atoms with van der Waals surface area (Å²) >= 11 is 5.78. The summed E-state index contributed by atoms with van der Waals surface area (Å²) in [6, 6.07) is 0. The quantitative estimate of drug-likeness (QED) is 0.545. The Hall–Kier alpha value is -0.540. The van der Waals surface area contributed by atoms with E-state index in [-0.39, 0.29) is 5.38 Å². The number of oxazole rings is 1. The van der Waals surface area contributed by atoms with Gasteiger partial charge in [0.05, 0.1) is 6.20 Å². The molecule has 0 saturated carbocycles. The van der Waals surface area contributed by atoms with Gasteiger partial charge < -0.3 is 9.15 Å². The van der Waals surface area contributed by atoms with E-state index in [9.17, 15) is 0 Å². The van der Waals surface area contributed by atoms with E-state index in [0.717, 1.165) is 18.8 Å². The van der Waals surface area contributed by atoms with E-state index in [1.807, 2.05) is 6.92 Å². The second kappa shape index (κ2) is 5.25. The number of halogens is 1. The Morgan fingerprint density at radius 3 is 3.00 bits per heavy atom. The van der Waals surface area contributed by atoms with Crippen LogP contribution in [0.2, 0.25) is 0 Å². The third kappa shape index (κ3) is 3.36. The standard InChI is InChI=1S/C9H14ClNO2/c1-3-4-12-6-8-5-11-9(13-8)7(2)10/h5,7H,3-4,6H2,1-2H3. The van der Waals surface area contributed by atoms with Gasteiger partial charge in [0.15, 0.2) is 0 Å². The molecule has 1 unspecified atom stereocenters. The van der Waals surface area contributed by atoms with Crippen LogP contribution >= 0.6 is 11.6 Å². The third-order valence-electron chi connectivity index (χ3n) is 1.50. The molecule has 0 aliphatic carbocycles. The topological polar surface area (TPSA) is 35.3 Å². The van der Waals surface area contributed by atoms with E-state index >= 15 is 0 Å². The number of nitrogens with zero attached hydrogens (tertiary/aromatic N) is 1. The fourth-order valence-electron chi connectivity index (χ4n) is 0.890. The van der Waals surface area contributed by atoms with Gasteiger partial charge in [-0.15, -0.1) is 11.6 Å². The summed E-state index contributed by atoms with van der Waals surface area (Å²) in [4.78, 5) is 4.02. The van der Waals surface area contributed by atoms with Crippen molar-refractivity contribution in [3.8, 4) is 0 Å². The maximum atomic E-state index is 5.78. The minimum atomic E-state index is -0.181. The zero-order valence-corrected chi connectivity index (χ0v) is 8.67. The van der Waals surface area contributed by atoms with Gasteiger partial charge in [0.1, 0.15) is 17.7 Å². The summed E-state index contributed by atoms with van der Waals surface area (Å²) in [7, 11) is 0. The van der Waals surface area contributed by atoms with Crippen LogP contribution in [0.15, 0.2) is 10.6 Å². The fraction of sp³-hybridized carbons (Fsp3) is 0.667. The Bertz CT molecular complexity index is 248. The van der Waals surface area contributed by atoms with Crippen molar-refractivity contribution < 1.29 is 9.15 Å². The number of rotatable bonds is 5. The molecule has 13 heavy (non-hydrogen) atoms. The molecule has 0 fully saturated rings. The largest absolute Gasteiger partial charge is 0.442 e. The zero-order valence-electron chi connectivity index (χ0n) is 7.92. The molecule has 0 radical (unpaired) electrons. The van der Waals surface area contributed by atoms with E-state index < -0.39 is 0 Å². The van der Waals surface area contributed by atoms with Crippen molar-refractivity contribution in [1.82, 2.24) is 4.98 Å². The Morgan fingerprint density at radius 2 is 2.46 bits per heavy atom. The van der Waals surface area contributed by atoms with Crippen LogP contribution in [0.5, 0.6) is 0 Å². The van der Waals surface area contributed by atoms with Crippen LogP contribution in [0.1, 0.15) is 37.3 Å². The maximum Gasteiger partial charge on any atom is 0.212 e.